The molecule has 0 atom stereocenters. The fourth-order valence-corrected chi connectivity index (χ4v) is 1.78. The van der Waals surface area contributed by atoms with Crippen molar-refractivity contribution in [1.29, 1.82) is 0 Å². The molecule has 100 valence electrons. The summed E-state index contributed by atoms with van der Waals surface area (Å²) in [4.78, 5) is 0. The van der Waals surface area contributed by atoms with Crippen LogP contribution in [0.4, 0.5) is 10.1 Å². The maximum atomic E-state index is 13.1. The van der Waals surface area contributed by atoms with E-state index in [9.17, 15) is 4.39 Å². The van der Waals surface area contributed by atoms with Crippen molar-refractivity contribution in [3.8, 4) is 5.75 Å². The van der Waals surface area contributed by atoms with Gasteiger partial charge in [0.25, 0.3) is 0 Å². The topological polar surface area (TPSA) is 39.7 Å². The van der Waals surface area contributed by atoms with Gasteiger partial charge in [0, 0.05) is 6.07 Å². The second-order valence-corrected chi connectivity index (χ2v) is 4.71. The van der Waals surface area contributed by atoms with Gasteiger partial charge in [-0.15, -0.1) is 0 Å². The number of methoxy groups -OCH3 is 1. The maximum Gasteiger partial charge on any atom is 0.162 e. The van der Waals surface area contributed by atoms with Crippen LogP contribution in [0.15, 0.2) is 18.2 Å². The lowest BCUT2D eigenvalue weighted by Crippen LogP contribution is -2.45. The molecule has 1 aromatic rings. The molecule has 18 heavy (non-hydrogen) atoms. The Morgan fingerprint density at radius 3 is 2.61 bits per heavy atom. The third-order valence-corrected chi connectivity index (χ3v) is 2.79. The van der Waals surface area contributed by atoms with E-state index in [1.165, 1.54) is 19.2 Å². The van der Waals surface area contributed by atoms with Crippen molar-refractivity contribution in [3.05, 3.63) is 24.0 Å². The Kier molecular flexibility index (Phi) is 3.73. The first-order valence-corrected chi connectivity index (χ1v) is 5.88. The summed E-state index contributed by atoms with van der Waals surface area (Å²) in [5, 5.41) is 3.22. The maximum absolute atomic E-state index is 13.1. The molecule has 4 nitrogen and oxygen atoms in total. The molecular formula is C13H18FNO3. The van der Waals surface area contributed by atoms with Crippen LogP contribution < -0.4 is 10.1 Å². The van der Waals surface area contributed by atoms with Crippen LogP contribution in [0, 0.1) is 5.82 Å². The Hall–Kier alpha value is -1.33. The zero-order valence-corrected chi connectivity index (χ0v) is 10.8. The molecule has 2 rings (SSSR count). The molecule has 0 saturated carbocycles. The molecule has 5 heteroatoms. The molecule has 1 heterocycles. The van der Waals surface area contributed by atoms with E-state index >= 15 is 0 Å². The molecule has 0 bridgehead atoms. The standard InChI is InChI=1S/C13H18FNO3/c1-13(2)17-7-10(8-18-13)15-11-5-4-9(14)6-12(11)16-3/h4-6,10,15H,7-8H2,1-3H3. The highest BCUT2D eigenvalue weighted by atomic mass is 19.1. The number of hydrogen-bond donors (Lipinski definition) is 1. The molecule has 1 N–H and O–H groups in total. The number of nitrogens with one attached hydrogen (secondary N) is 1. The quantitative estimate of drug-likeness (QED) is 0.900. The molecule has 0 spiro atoms. The van der Waals surface area contributed by atoms with Crippen LogP contribution in [0.5, 0.6) is 5.75 Å². The number of halogens is 1. The third kappa shape index (κ3) is 3.11. The molecule has 0 aliphatic carbocycles. The Balaban J connectivity index is 2.02. The summed E-state index contributed by atoms with van der Waals surface area (Å²) in [5.74, 6) is -0.389. The minimum absolute atomic E-state index is 0.0254. The molecule has 0 amide bonds. The Morgan fingerprint density at radius 1 is 1.33 bits per heavy atom. The SMILES string of the molecule is COc1cc(F)ccc1NC1COC(C)(C)OC1. The van der Waals surface area contributed by atoms with Gasteiger partial charge in [0.2, 0.25) is 0 Å². The lowest BCUT2D eigenvalue weighted by Gasteiger charge is -2.35. The lowest BCUT2D eigenvalue weighted by molar-refractivity contribution is -0.247. The summed E-state index contributed by atoms with van der Waals surface area (Å²) < 4.78 is 29.3. The zero-order valence-electron chi connectivity index (χ0n) is 10.8. The number of benzene rings is 1. The van der Waals surface area contributed by atoms with E-state index in [0.29, 0.717) is 19.0 Å². The first-order valence-electron chi connectivity index (χ1n) is 5.88. The van der Waals surface area contributed by atoms with Gasteiger partial charge in [-0.05, 0) is 26.0 Å². The van der Waals surface area contributed by atoms with Gasteiger partial charge in [-0.25, -0.2) is 4.39 Å². The molecule has 1 fully saturated rings. The summed E-state index contributed by atoms with van der Waals surface area (Å²) in [7, 11) is 1.51. The first-order chi connectivity index (χ1) is 8.50. The molecular weight excluding hydrogens is 237 g/mol. The van der Waals surface area contributed by atoms with Crippen molar-refractivity contribution in [2.24, 2.45) is 0 Å². The minimum atomic E-state index is -0.537. The molecule has 0 radical (unpaired) electrons. The molecule has 1 aliphatic rings. The highest BCUT2D eigenvalue weighted by Gasteiger charge is 2.28. The minimum Gasteiger partial charge on any atom is -0.494 e. The van der Waals surface area contributed by atoms with Crippen LogP contribution in [0.2, 0.25) is 0 Å². The van der Waals surface area contributed by atoms with Crippen LogP contribution in [-0.4, -0.2) is 32.2 Å². The van der Waals surface area contributed by atoms with E-state index in [2.05, 4.69) is 5.32 Å². The van der Waals surface area contributed by atoms with Crippen molar-refractivity contribution in [2.75, 3.05) is 25.6 Å². The lowest BCUT2D eigenvalue weighted by atomic mass is 10.2. The first kappa shape index (κ1) is 13.1. The summed E-state index contributed by atoms with van der Waals surface area (Å²) in [6.45, 7) is 4.82. The average molecular weight is 255 g/mol. The summed E-state index contributed by atoms with van der Waals surface area (Å²) >= 11 is 0. The van der Waals surface area contributed by atoms with Crippen molar-refractivity contribution in [2.45, 2.75) is 25.7 Å². The predicted octanol–water partition coefficient (Wildman–Crippen LogP) is 2.40. The van der Waals surface area contributed by atoms with Crippen molar-refractivity contribution >= 4 is 5.69 Å². The Bertz CT molecular complexity index is 413. The van der Waals surface area contributed by atoms with E-state index in [1.807, 2.05) is 13.8 Å². The number of ether oxygens (including phenoxy) is 3. The van der Waals surface area contributed by atoms with Gasteiger partial charge in [-0.1, -0.05) is 0 Å². The second-order valence-electron chi connectivity index (χ2n) is 4.71. The smallest absolute Gasteiger partial charge is 0.162 e. The largest absolute Gasteiger partial charge is 0.494 e. The zero-order chi connectivity index (χ0) is 13.2. The molecule has 1 aromatic carbocycles. The highest BCUT2D eigenvalue weighted by Crippen LogP contribution is 2.27. The number of anilines is 1. The van der Waals surface area contributed by atoms with E-state index in [-0.39, 0.29) is 11.9 Å². The van der Waals surface area contributed by atoms with Crippen LogP contribution in [0.1, 0.15) is 13.8 Å². The van der Waals surface area contributed by atoms with Gasteiger partial charge < -0.3 is 19.5 Å². The predicted molar refractivity (Wildman–Crippen MR) is 66.3 cm³/mol. The second kappa shape index (κ2) is 5.12. The summed E-state index contributed by atoms with van der Waals surface area (Å²) in [5.41, 5.74) is 0.732. The van der Waals surface area contributed by atoms with Gasteiger partial charge in [-0.2, -0.15) is 0 Å². The molecule has 0 unspecified atom stereocenters. The molecule has 1 aliphatic heterocycles. The van der Waals surface area contributed by atoms with Crippen LogP contribution in [0.3, 0.4) is 0 Å². The average Bonchev–Trinajstić information content (AvgIpc) is 2.34. The van der Waals surface area contributed by atoms with Gasteiger partial charge in [0.1, 0.15) is 11.6 Å². The van der Waals surface area contributed by atoms with E-state index in [0.717, 1.165) is 5.69 Å². The van der Waals surface area contributed by atoms with Gasteiger partial charge in [-0.3, -0.25) is 0 Å². The third-order valence-electron chi connectivity index (χ3n) is 2.79. The van der Waals surface area contributed by atoms with E-state index in [4.69, 9.17) is 14.2 Å². The van der Waals surface area contributed by atoms with E-state index < -0.39 is 5.79 Å². The Morgan fingerprint density at radius 2 is 2.00 bits per heavy atom. The Labute approximate surface area is 106 Å². The normalized spacial score (nSPS) is 19.6. The molecule has 1 saturated heterocycles. The van der Waals surface area contributed by atoms with Crippen LogP contribution in [0.25, 0.3) is 0 Å². The number of hydrogen-bond acceptors (Lipinski definition) is 4. The van der Waals surface area contributed by atoms with Gasteiger partial charge in [0.05, 0.1) is 32.1 Å². The fourth-order valence-electron chi connectivity index (χ4n) is 1.78. The summed E-state index contributed by atoms with van der Waals surface area (Å²) in [6, 6.07) is 4.40. The monoisotopic (exact) mass is 255 g/mol. The van der Waals surface area contributed by atoms with Crippen LogP contribution >= 0.6 is 0 Å². The highest BCUT2D eigenvalue weighted by molar-refractivity contribution is 5.57. The molecule has 0 aromatic heterocycles. The van der Waals surface area contributed by atoms with Crippen molar-refractivity contribution < 1.29 is 18.6 Å². The number of rotatable bonds is 3. The van der Waals surface area contributed by atoms with Gasteiger partial charge in [0.15, 0.2) is 5.79 Å². The van der Waals surface area contributed by atoms with E-state index in [1.54, 1.807) is 6.07 Å². The van der Waals surface area contributed by atoms with Crippen molar-refractivity contribution in [1.82, 2.24) is 0 Å². The summed E-state index contributed by atoms with van der Waals surface area (Å²) in [6.07, 6.45) is 0. The van der Waals surface area contributed by atoms with Crippen molar-refractivity contribution in [3.63, 3.8) is 0 Å². The van der Waals surface area contributed by atoms with Gasteiger partial charge >= 0.3 is 0 Å². The fraction of sp³-hybridized carbons (Fsp3) is 0.538. The van der Waals surface area contributed by atoms with Crippen LogP contribution in [-0.2, 0) is 9.47 Å².